The van der Waals surface area contributed by atoms with Crippen molar-refractivity contribution in [3.8, 4) is 17.1 Å². The number of hydrogen-bond acceptors (Lipinski definition) is 9. The molecule has 4 aromatic rings. The van der Waals surface area contributed by atoms with Gasteiger partial charge in [-0.15, -0.1) is 11.3 Å². The molecule has 0 spiro atoms. The number of ether oxygens (including phenoxy) is 2. The molecule has 0 bridgehead atoms. The van der Waals surface area contributed by atoms with Crippen LogP contribution in [0.3, 0.4) is 0 Å². The number of amides is 1. The number of hydrogen-bond donors (Lipinski definition) is 1. The fraction of sp³-hybridized carbons (Fsp3) is 0.208. The van der Waals surface area contributed by atoms with Gasteiger partial charge in [0.05, 0.1) is 24.6 Å². The Kier molecular flexibility index (Phi) is 7.18. The quantitative estimate of drug-likeness (QED) is 0.247. The summed E-state index contributed by atoms with van der Waals surface area (Å²) >= 11 is 1.28. The molecule has 2 N–H and O–H groups in total. The Bertz CT molecular complexity index is 1560. The summed E-state index contributed by atoms with van der Waals surface area (Å²) in [7, 11) is -3.83. The average molecular weight is 548 g/mol. The Labute approximate surface area is 215 Å². The maximum atomic E-state index is 13.6. The number of fused-ring (bicyclic) bond motifs is 1. The van der Waals surface area contributed by atoms with Gasteiger partial charge >= 0.3 is 12.1 Å². The van der Waals surface area contributed by atoms with Crippen LogP contribution in [0.25, 0.3) is 22.3 Å². The van der Waals surface area contributed by atoms with E-state index in [1.165, 1.54) is 47.7 Å². The van der Waals surface area contributed by atoms with Crippen LogP contribution < -0.4 is 14.8 Å². The lowest BCUT2D eigenvalue weighted by Gasteiger charge is -2.25. The standard InChI is InChI=1S/C24H22FN3O7S2/c1-13(2)33-19-10-16-18(11-17(19)28(37(3,31)32)12-20-27-8-9-36-20)34-22(14-4-6-15(25)7-5-14)21(16)23(29)35-24(26)30/h4-11,13H,12H2,1-3H3,(H2,26,30). The van der Waals surface area contributed by atoms with Crippen LogP contribution in [0.2, 0.25) is 0 Å². The lowest BCUT2D eigenvalue weighted by molar-refractivity contribution is 0.0640. The topological polar surface area (TPSA) is 142 Å². The molecule has 194 valence electrons. The number of thiazole rings is 1. The highest BCUT2D eigenvalue weighted by atomic mass is 32.2. The molecule has 2 aromatic heterocycles. The van der Waals surface area contributed by atoms with Crippen LogP contribution in [0.4, 0.5) is 14.9 Å². The van der Waals surface area contributed by atoms with Crippen molar-refractivity contribution >= 4 is 50.1 Å². The van der Waals surface area contributed by atoms with Gasteiger partial charge in [-0.05, 0) is 44.2 Å². The van der Waals surface area contributed by atoms with Crippen molar-refractivity contribution in [3.63, 3.8) is 0 Å². The molecular weight excluding hydrogens is 525 g/mol. The molecule has 0 radical (unpaired) electrons. The summed E-state index contributed by atoms with van der Waals surface area (Å²) in [6.45, 7) is 3.43. The molecule has 2 aromatic carbocycles. The number of aromatic nitrogens is 1. The first-order valence-corrected chi connectivity index (χ1v) is 13.6. The first-order valence-electron chi connectivity index (χ1n) is 10.8. The van der Waals surface area contributed by atoms with Gasteiger partial charge in [-0.2, -0.15) is 0 Å². The van der Waals surface area contributed by atoms with Crippen molar-refractivity contribution in [1.29, 1.82) is 0 Å². The highest BCUT2D eigenvalue weighted by molar-refractivity contribution is 7.92. The zero-order valence-electron chi connectivity index (χ0n) is 19.9. The van der Waals surface area contributed by atoms with Gasteiger partial charge in [-0.25, -0.2) is 27.4 Å². The van der Waals surface area contributed by atoms with Crippen LogP contribution >= 0.6 is 11.3 Å². The van der Waals surface area contributed by atoms with Gasteiger partial charge in [0.2, 0.25) is 10.0 Å². The van der Waals surface area contributed by atoms with Crippen molar-refractivity contribution in [1.82, 2.24) is 4.98 Å². The summed E-state index contributed by atoms with van der Waals surface area (Å²) in [5, 5.41) is 2.44. The second-order valence-electron chi connectivity index (χ2n) is 8.20. The monoisotopic (exact) mass is 547 g/mol. The van der Waals surface area contributed by atoms with Crippen molar-refractivity contribution in [2.45, 2.75) is 26.5 Å². The minimum absolute atomic E-state index is 0.0280. The largest absolute Gasteiger partial charge is 0.489 e. The van der Waals surface area contributed by atoms with Gasteiger partial charge in [0.25, 0.3) is 0 Å². The summed E-state index contributed by atoms with van der Waals surface area (Å²) in [6.07, 6.45) is 0.910. The van der Waals surface area contributed by atoms with Gasteiger partial charge in [-0.1, -0.05) is 0 Å². The molecule has 0 unspecified atom stereocenters. The molecule has 4 rings (SSSR count). The smallest absolute Gasteiger partial charge is 0.412 e. The van der Waals surface area contributed by atoms with Crippen molar-refractivity contribution in [2.75, 3.05) is 10.6 Å². The van der Waals surface area contributed by atoms with Crippen LogP contribution in [0, 0.1) is 5.82 Å². The first kappa shape index (κ1) is 26.1. The van der Waals surface area contributed by atoms with E-state index in [4.69, 9.17) is 14.9 Å². The minimum atomic E-state index is -3.83. The second kappa shape index (κ2) is 10.2. The van der Waals surface area contributed by atoms with Gasteiger partial charge in [0, 0.05) is 28.6 Å². The maximum Gasteiger partial charge on any atom is 0.412 e. The van der Waals surface area contributed by atoms with Gasteiger partial charge in [0.15, 0.2) is 0 Å². The number of nitrogens with zero attached hydrogens (tertiary/aromatic N) is 2. The van der Waals surface area contributed by atoms with Gasteiger partial charge in [0.1, 0.15) is 33.5 Å². The average Bonchev–Trinajstić information content (AvgIpc) is 3.43. The van der Waals surface area contributed by atoms with E-state index in [1.54, 1.807) is 25.4 Å². The number of nitrogens with two attached hydrogens (primary N) is 1. The predicted octanol–water partition coefficient (Wildman–Crippen LogP) is 4.68. The Balaban J connectivity index is 2.00. The lowest BCUT2D eigenvalue weighted by Crippen LogP contribution is -2.30. The van der Waals surface area contributed by atoms with Crippen LogP contribution in [0.15, 0.2) is 52.4 Å². The Morgan fingerprint density at radius 2 is 1.92 bits per heavy atom. The summed E-state index contributed by atoms with van der Waals surface area (Å²) in [4.78, 5) is 28.4. The zero-order valence-corrected chi connectivity index (χ0v) is 21.6. The Hall–Kier alpha value is -3.97. The number of carbonyl (C=O) groups excluding carboxylic acids is 2. The van der Waals surface area contributed by atoms with E-state index in [0.717, 1.165) is 10.6 Å². The molecular formula is C24H22FN3O7S2. The van der Waals surface area contributed by atoms with E-state index in [1.807, 2.05) is 0 Å². The third-order valence-electron chi connectivity index (χ3n) is 5.07. The minimum Gasteiger partial charge on any atom is -0.489 e. The normalized spacial score (nSPS) is 11.6. The zero-order chi connectivity index (χ0) is 26.9. The molecule has 0 saturated heterocycles. The van der Waals surface area contributed by atoms with Crippen molar-refractivity contribution in [3.05, 3.63) is 64.4 Å². The SMILES string of the molecule is CC(C)Oc1cc2c(C(=O)OC(N)=O)c(-c3ccc(F)cc3)oc2cc1N(Cc1nccs1)S(C)(=O)=O. The number of primary amides is 1. The molecule has 0 aliphatic carbocycles. The fourth-order valence-electron chi connectivity index (χ4n) is 3.64. The lowest BCUT2D eigenvalue weighted by atomic mass is 10.0. The van der Waals surface area contributed by atoms with Crippen LogP contribution in [-0.2, 0) is 21.3 Å². The predicted molar refractivity (Wildman–Crippen MR) is 136 cm³/mol. The highest BCUT2D eigenvalue weighted by Crippen LogP contribution is 2.42. The number of furan rings is 1. The van der Waals surface area contributed by atoms with Crippen LogP contribution in [0.1, 0.15) is 29.2 Å². The van der Waals surface area contributed by atoms with E-state index in [-0.39, 0.29) is 46.4 Å². The molecule has 2 heterocycles. The summed E-state index contributed by atoms with van der Waals surface area (Å²) in [5.74, 6) is -1.51. The summed E-state index contributed by atoms with van der Waals surface area (Å²) < 4.78 is 56.9. The fourth-order valence-corrected chi connectivity index (χ4v) is 5.18. The number of anilines is 1. The summed E-state index contributed by atoms with van der Waals surface area (Å²) in [6, 6.07) is 7.94. The first-order chi connectivity index (χ1) is 17.4. The number of rotatable bonds is 8. The highest BCUT2D eigenvalue weighted by Gasteiger charge is 2.30. The molecule has 0 atom stereocenters. The molecule has 0 aliphatic heterocycles. The molecule has 0 aliphatic rings. The van der Waals surface area contributed by atoms with Crippen molar-refractivity contribution in [2.24, 2.45) is 5.73 Å². The molecule has 37 heavy (non-hydrogen) atoms. The number of esters is 1. The molecule has 13 heteroatoms. The van der Waals surface area contributed by atoms with Gasteiger partial charge in [-0.3, -0.25) is 4.31 Å². The second-order valence-corrected chi connectivity index (χ2v) is 11.1. The van der Waals surface area contributed by atoms with E-state index in [9.17, 15) is 22.4 Å². The Morgan fingerprint density at radius 3 is 2.49 bits per heavy atom. The van der Waals surface area contributed by atoms with E-state index in [0.29, 0.717) is 10.6 Å². The van der Waals surface area contributed by atoms with E-state index in [2.05, 4.69) is 9.72 Å². The third kappa shape index (κ3) is 5.73. The van der Waals surface area contributed by atoms with Crippen LogP contribution in [0.5, 0.6) is 5.75 Å². The number of sulfonamides is 1. The van der Waals surface area contributed by atoms with Gasteiger partial charge < -0.3 is 19.6 Å². The molecule has 0 fully saturated rings. The number of benzene rings is 2. The summed E-state index contributed by atoms with van der Waals surface area (Å²) in [5.41, 5.74) is 5.45. The maximum absolute atomic E-state index is 13.6. The number of carbonyl (C=O) groups is 2. The Morgan fingerprint density at radius 1 is 1.22 bits per heavy atom. The third-order valence-corrected chi connectivity index (χ3v) is 6.96. The number of halogens is 1. The van der Waals surface area contributed by atoms with E-state index < -0.39 is 27.9 Å². The van der Waals surface area contributed by atoms with Crippen LogP contribution in [-0.4, -0.2) is 37.8 Å². The molecule has 0 saturated carbocycles. The molecule has 10 nitrogen and oxygen atoms in total. The van der Waals surface area contributed by atoms with Crippen molar-refractivity contribution < 1.29 is 36.3 Å². The van der Waals surface area contributed by atoms with E-state index >= 15 is 0 Å². The molecule has 1 amide bonds.